The molecule has 0 amide bonds. The molecule has 18 rings (SSSR count). The van der Waals surface area contributed by atoms with Crippen LogP contribution < -0.4 is 28.9 Å². The van der Waals surface area contributed by atoms with E-state index in [1.54, 1.807) is 37.3 Å². The first-order valence-corrected chi connectivity index (χ1v) is 35.2. The quantitative estimate of drug-likeness (QED) is 0.108. The Morgan fingerprint density at radius 1 is 0.371 bits per heavy atom. The lowest BCUT2D eigenvalue weighted by molar-refractivity contribution is -0.117. The number of hydrogen-bond acceptors (Lipinski definition) is 14. The first kappa shape index (κ1) is 67.4. The molecule has 520 valence electrons. The molecule has 6 aliphatic rings. The van der Waals surface area contributed by atoms with Gasteiger partial charge in [-0.15, -0.1) is 0 Å². The van der Waals surface area contributed by atoms with Crippen LogP contribution in [-0.2, 0) is 42.2 Å². The van der Waals surface area contributed by atoms with Crippen molar-refractivity contribution >= 4 is 81.0 Å². The van der Waals surface area contributed by atoms with Gasteiger partial charge in [-0.1, -0.05) is 137 Å². The van der Waals surface area contributed by atoms with Crippen molar-refractivity contribution in [1.82, 2.24) is 0 Å². The van der Waals surface area contributed by atoms with Crippen LogP contribution in [0.3, 0.4) is 0 Å². The molecule has 0 aromatic heterocycles. The Morgan fingerprint density at radius 3 is 1.21 bits per heavy atom. The Morgan fingerprint density at radius 2 is 0.733 bits per heavy atom. The number of ketones is 1. The Hall–Kier alpha value is -12.1. The molecule has 1 N–H and O–H groups in total. The van der Waals surface area contributed by atoms with Gasteiger partial charge in [-0.25, -0.2) is 14.4 Å². The number of Topliss-reactive ketones (excluding diaryl/α,β-unsaturated/α-hetero) is 1. The van der Waals surface area contributed by atoms with Crippen LogP contribution in [0.25, 0.3) is 0 Å². The SMILES string of the molecule is CC(=O)CCc1ccc(N(C)c2cc3c(cc2Cl)C2(OC(=O)c4ccccc42)c2cc(Cl)c(C)cc2O3)cc1.Cc1ccc(N(C)c2ccc3c(c2)Oc2cc(C)ccc2C32OC(=O)c3ccccc32)cc1.Cc1ccc(N(C)c2ccc3c(c2)Oc2cc(O)ccc2C32OC(=O)c3ccccc32)cc1. The van der Waals surface area contributed by atoms with E-state index < -0.39 is 22.8 Å². The smallest absolute Gasteiger partial charge is 0.340 e. The number of phenols is 1. The predicted molar refractivity (Wildman–Crippen MR) is 407 cm³/mol. The number of carbonyl (C=O) groups excluding carboxylic acids is 4. The van der Waals surface area contributed by atoms with Crippen molar-refractivity contribution in [3.05, 3.63) is 347 Å². The minimum absolute atomic E-state index is 0.0814. The average molecular weight is 1430 g/mol. The summed E-state index contributed by atoms with van der Waals surface area (Å²) in [6.45, 7) is 9.68. The summed E-state index contributed by atoms with van der Waals surface area (Å²) < 4.78 is 37.7. The number of rotatable bonds is 9. The Kier molecular flexibility index (Phi) is 16.7. The molecule has 0 fully saturated rings. The van der Waals surface area contributed by atoms with Gasteiger partial charge in [0.15, 0.2) is 16.8 Å². The summed E-state index contributed by atoms with van der Waals surface area (Å²) in [6.07, 6.45) is 1.22. The van der Waals surface area contributed by atoms with Crippen molar-refractivity contribution in [3.8, 4) is 40.2 Å². The number of aromatic hydroxyl groups is 1. The molecule has 3 spiro atoms. The molecule has 0 saturated heterocycles. The van der Waals surface area contributed by atoms with Crippen molar-refractivity contribution in [2.75, 3.05) is 35.8 Å². The first-order valence-electron chi connectivity index (χ1n) is 34.5. The van der Waals surface area contributed by atoms with Crippen LogP contribution in [0.1, 0.15) is 122 Å². The fourth-order valence-corrected chi connectivity index (χ4v) is 15.5. The normalized spacial score (nSPS) is 17.3. The number of esters is 3. The lowest BCUT2D eigenvalue weighted by Crippen LogP contribution is -2.33. The van der Waals surface area contributed by atoms with Crippen LogP contribution in [0, 0.1) is 27.7 Å². The van der Waals surface area contributed by atoms with Crippen molar-refractivity contribution < 1.29 is 52.7 Å². The van der Waals surface area contributed by atoms with Crippen molar-refractivity contribution in [1.29, 1.82) is 0 Å². The molecule has 0 saturated carbocycles. The zero-order chi connectivity index (χ0) is 73.0. The maximum absolute atomic E-state index is 13.1. The second-order valence-corrected chi connectivity index (χ2v) is 28.1. The van der Waals surface area contributed by atoms with Gasteiger partial charge >= 0.3 is 17.9 Å². The van der Waals surface area contributed by atoms with Crippen LogP contribution >= 0.6 is 23.2 Å². The average Bonchev–Trinajstić information content (AvgIpc) is 1.63. The number of fused-ring (bicyclic) bond motifs is 18. The largest absolute Gasteiger partial charge is 0.508 e. The van der Waals surface area contributed by atoms with E-state index in [9.17, 15) is 24.3 Å². The second kappa shape index (κ2) is 26.0. The highest BCUT2D eigenvalue weighted by Gasteiger charge is 2.57. The standard InChI is InChI=1S/C32H25Cl2NO4.C29H23NO3.C28H21NO4/c1-18-14-29-24(15-26(18)33)32(23-7-5-4-6-22(23)31(37)39-32)25-16-27(34)28(17-30(25)38-29)35(3)21-12-10-20(11-13-21)9-8-19(2)36;1-18-8-11-20(12-9-18)30(3)21-13-15-25-27(17-21)32-26-16-19(2)10-14-24(26)29(25)23-7-5-4-6-22(23)28(31)33-29;1-17-7-9-18(10-8-17)29(2)19-11-13-23-25(15-19)32-26-16-20(30)12-14-24(26)28(23)22-6-4-3-5-21(22)27(31)33-28/h4-7,10-17H,8-9H2,1-3H3;4-17H,1-3H3;3-16,30H,1-2H3. The number of anilines is 6. The highest BCUT2D eigenvalue weighted by Crippen LogP contribution is 2.61. The summed E-state index contributed by atoms with van der Waals surface area (Å²) in [5.74, 6) is 2.69. The van der Waals surface area contributed by atoms with Gasteiger partial charge in [-0.05, 0) is 173 Å². The fraction of sp³-hybridized carbons (Fsp3) is 0.146. The van der Waals surface area contributed by atoms with Crippen LogP contribution in [0.5, 0.6) is 40.2 Å². The number of hydrogen-bond donors (Lipinski definition) is 1. The fourth-order valence-electron chi connectivity index (χ4n) is 15.1. The molecule has 14 nitrogen and oxygen atoms in total. The molecule has 0 bridgehead atoms. The molecule has 0 radical (unpaired) electrons. The third-order valence-corrected chi connectivity index (χ3v) is 21.4. The van der Waals surface area contributed by atoms with Gasteiger partial charge in [-0.2, -0.15) is 0 Å². The van der Waals surface area contributed by atoms with Crippen molar-refractivity contribution in [3.63, 3.8) is 0 Å². The number of halogens is 2. The van der Waals surface area contributed by atoms with Crippen molar-refractivity contribution in [2.24, 2.45) is 0 Å². The highest BCUT2D eigenvalue weighted by molar-refractivity contribution is 6.33. The first-order chi connectivity index (χ1) is 50.6. The molecule has 16 heteroatoms. The van der Waals surface area contributed by atoms with Gasteiger partial charge < -0.3 is 53.0 Å². The number of aryl methyl sites for hydroxylation is 5. The Labute approximate surface area is 617 Å². The van der Waals surface area contributed by atoms with E-state index in [0.717, 1.165) is 84.2 Å². The summed E-state index contributed by atoms with van der Waals surface area (Å²) in [6, 6.07) is 77.5. The molecular formula is C89H69Cl2N3O11. The summed E-state index contributed by atoms with van der Waals surface area (Å²) in [5.41, 5.74) is 16.1. The molecule has 6 heterocycles. The third-order valence-electron chi connectivity index (χ3n) is 20.7. The molecule has 12 aromatic carbocycles. The molecule has 0 aliphatic carbocycles. The number of carbonyl (C=O) groups is 4. The molecular weight excluding hydrogens is 1360 g/mol. The van der Waals surface area contributed by atoms with Crippen molar-refractivity contribution in [2.45, 2.75) is 64.3 Å². The van der Waals surface area contributed by atoms with Crippen LogP contribution in [0.15, 0.2) is 243 Å². The summed E-state index contributed by atoms with van der Waals surface area (Å²) >= 11 is 13.5. The second-order valence-electron chi connectivity index (χ2n) is 27.3. The monoisotopic (exact) mass is 1430 g/mol. The molecule has 6 aliphatic heterocycles. The molecule has 105 heavy (non-hydrogen) atoms. The van der Waals surface area contributed by atoms with Gasteiger partial charge in [0.05, 0.1) is 27.4 Å². The van der Waals surface area contributed by atoms with E-state index >= 15 is 0 Å². The van der Waals surface area contributed by atoms with Gasteiger partial charge in [0.2, 0.25) is 0 Å². The maximum atomic E-state index is 13.1. The van der Waals surface area contributed by atoms with E-state index in [0.29, 0.717) is 90.8 Å². The molecule has 3 unspecified atom stereocenters. The van der Waals surface area contributed by atoms with E-state index in [1.165, 1.54) is 11.1 Å². The Bertz CT molecular complexity index is 5390. The minimum Gasteiger partial charge on any atom is -0.508 e. The highest BCUT2D eigenvalue weighted by atomic mass is 35.5. The zero-order valence-corrected chi connectivity index (χ0v) is 60.1. The topological polar surface area (TPSA) is 154 Å². The summed E-state index contributed by atoms with van der Waals surface area (Å²) in [7, 11) is 5.96. The van der Waals surface area contributed by atoms with Crippen LogP contribution in [-0.4, -0.2) is 49.9 Å². The Balaban J connectivity index is 0.000000122. The lowest BCUT2D eigenvalue weighted by atomic mass is 9.77. The van der Waals surface area contributed by atoms with Crippen LogP contribution in [0.2, 0.25) is 10.0 Å². The number of ether oxygens (including phenoxy) is 6. The summed E-state index contributed by atoms with van der Waals surface area (Å²) in [4.78, 5) is 56.5. The van der Waals surface area contributed by atoms with Gasteiger partial charge in [-0.3, -0.25) is 0 Å². The van der Waals surface area contributed by atoms with E-state index in [4.69, 9.17) is 51.6 Å². The van der Waals surface area contributed by atoms with Crippen LogP contribution in [0.4, 0.5) is 34.1 Å². The molecule has 3 atom stereocenters. The number of phenolic OH excluding ortho intramolecular Hbond substituents is 1. The minimum atomic E-state index is -1.24. The number of nitrogens with zero attached hydrogens (tertiary/aromatic N) is 3. The van der Waals surface area contributed by atoms with Gasteiger partial charge in [0.25, 0.3) is 0 Å². The van der Waals surface area contributed by atoms with E-state index in [1.807, 2.05) is 198 Å². The van der Waals surface area contributed by atoms with Gasteiger partial charge in [0, 0.05) is 135 Å². The maximum Gasteiger partial charge on any atom is 0.340 e. The van der Waals surface area contributed by atoms with Gasteiger partial charge in [0.1, 0.15) is 46.0 Å². The third kappa shape index (κ3) is 11.3. The predicted octanol–water partition coefficient (Wildman–Crippen LogP) is 20.8. The lowest BCUT2D eigenvalue weighted by Gasteiger charge is -2.37. The van der Waals surface area contributed by atoms with E-state index in [-0.39, 0.29) is 23.5 Å². The zero-order valence-electron chi connectivity index (χ0n) is 58.6. The molecule has 12 aromatic rings. The van der Waals surface area contributed by atoms with E-state index in [2.05, 4.69) is 78.2 Å². The number of benzene rings is 12. The summed E-state index contributed by atoms with van der Waals surface area (Å²) in [5, 5.41) is 11.2.